The van der Waals surface area contributed by atoms with Crippen molar-refractivity contribution in [3.8, 4) is 0 Å². The lowest BCUT2D eigenvalue weighted by Gasteiger charge is -2.37. The van der Waals surface area contributed by atoms with Gasteiger partial charge in [-0.1, -0.05) is 71.2 Å². The summed E-state index contributed by atoms with van der Waals surface area (Å²) in [5.74, 6) is -0.724. The number of benzene rings is 1. The van der Waals surface area contributed by atoms with Crippen LogP contribution in [-0.2, 0) is 20.7 Å². The SMILES string of the molecule is CCCCCCN(C(=O)C(NC(=O)OC(C)(C)C)C(C)C)C(C(=O)NC(C)(C)C)c1ccc(CC)cc1. The number of ether oxygens (including phenoxy) is 1. The van der Waals surface area contributed by atoms with E-state index >= 15 is 0 Å². The number of hydrogen-bond donors (Lipinski definition) is 2. The van der Waals surface area contributed by atoms with Gasteiger partial charge in [0.05, 0.1) is 0 Å². The van der Waals surface area contributed by atoms with E-state index in [-0.39, 0.29) is 17.7 Å². The first-order valence-corrected chi connectivity index (χ1v) is 13.8. The molecule has 0 fully saturated rings. The van der Waals surface area contributed by atoms with Gasteiger partial charge < -0.3 is 20.3 Å². The Balaban J connectivity index is 3.50. The Morgan fingerprint density at radius 3 is 1.97 bits per heavy atom. The minimum atomic E-state index is -0.833. The molecule has 0 saturated carbocycles. The minimum Gasteiger partial charge on any atom is -0.444 e. The maximum absolute atomic E-state index is 14.1. The molecule has 0 radical (unpaired) electrons. The predicted molar refractivity (Wildman–Crippen MR) is 150 cm³/mol. The molecule has 3 amide bonds. The number of nitrogens with zero attached hydrogens (tertiary/aromatic N) is 1. The zero-order valence-electron chi connectivity index (χ0n) is 24.9. The van der Waals surface area contributed by atoms with E-state index in [0.717, 1.165) is 43.2 Å². The van der Waals surface area contributed by atoms with Crippen LogP contribution < -0.4 is 10.6 Å². The van der Waals surface area contributed by atoms with E-state index in [1.165, 1.54) is 0 Å². The van der Waals surface area contributed by atoms with Gasteiger partial charge in [-0.15, -0.1) is 0 Å². The highest BCUT2D eigenvalue weighted by molar-refractivity contribution is 5.92. The van der Waals surface area contributed by atoms with Crippen molar-refractivity contribution in [2.75, 3.05) is 6.54 Å². The van der Waals surface area contributed by atoms with E-state index in [0.29, 0.717) is 6.54 Å². The summed E-state index contributed by atoms with van der Waals surface area (Å²) in [5, 5.41) is 5.86. The second kappa shape index (κ2) is 14.4. The maximum Gasteiger partial charge on any atom is 0.408 e. The zero-order valence-corrected chi connectivity index (χ0v) is 24.9. The molecule has 2 N–H and O–H groups in total. The van der Waals surface area contributed by atoms with Gasteiger partial charge in [-0.3, -0.25) is 9.59 Å². The lowest BCUT2D eigenvalue weighted by Crippen LogP contribution is -2.56. The van der Waals surface area contributed by atoms with Gasteiger partial charge in [-0.2, -0.15) is 0 Å². The molecule has 7 nitrogen and oxygen atoms in total. The summed E-state index contributed by atoms with van der Waals surface area (Å²) in [6, 6.07) is 6.23. The van der Waals surface area contributed by atoms with Gasteiger partial charge in [0, 0.05) is 12.1 Å². The van der Waals surface area contributed by atoms with Crippen molar-refractivity contribution >= 4 is 17.9 Å². The van der Waals surface area contributed by atoms with Crippen molar-refractivity contribution in [1.29, 1.82) is 0 Å². The van der Waals surface area contributed by atoms with Crippen LogP contribution in [0.15, 0.2) is 24.3 Å². The molecule has 0 aliphatic heterocycles. The van der Waals surface area contributed by atoms with Gasteiger partial charge in [0.1, 0.15) is 17.7 Å². The van der Waals surface area contributed by atoms with Crippen molar-refractivity contribution in [3.05, 3.63) is 35.4 Å². The van der Waals surface area contributed by atoms with Crippen LogP contribution in [0.4, 0.5) is 4.79 Å². The van der Waals surface area contributed by atoms with E-state index in [1.807, 2.05) is 58.9 Å². The third-order valence-electron chi connectivity index (χ3n) is 5.90. The fraction of sp³-hybridized carbons (Fsp3) is 0.700. The highest BCUT2D eigenvalue weighted by Gasteiger charge is 2.38. The van der Waals surface area contributed by atoms with Crippen LogP contribution in [0.3, 0.4) is 0 Å². The smallest absolute Gasteiger partial charge is 0.408 e. The molecule has 2 atom stereocenters. The Bertz CT molecular complexity index is 866. The number of rotatable bonds is 12. The van der Waals surface area contributed by atoms with Gasteiger partial charge in [-0.25, -0.2) is 4.79 Å². The van der Waals surface area contributed by atoms with Gasteiger partial charge in [-0.05, 0) is 71.4 Å². The van der Waals surface area contributed by atoms with Crippen LogP contribution in [0.25, 0.3) is 0 Å². The topological polar surface area (TPSA) is 87.7 Å². The number of amides is 3. The predicted octanol–water partition coefficient (Wildman–Crippen LogP) is 6.16. The summed E-state index contributed by atoms with van der Waals surface area (Å²) in [6.45, 7) is 19.5. The molecule has 0 saturated heterocycles. The number of alkyl carbamates (subject to hydrolysis) is 1. The fourth-order valence-corrected chi connectivity index (χ4v) is 4.05. The third kappa shape index (κ3) is 11.6. The molecule has 7 heteroatoms. The average Bonchev–Trinajstić information content (AvgIpc) is 2.76. The average molecular weight is 518 g/mol. The zero-order chi connectivity index (χ0) is 28.4. The lowest BCUT2D eigenvalue weighted by atomic mass is 9.96. The number of carbonyl (C=O) groups is 3. The summed E-state index contributed by atoms with van der Waals surface area (Å²) >= 11 is 0. The van der Waals surface area contributed by atoms with Crippen LogP contribution in [-0.4, -0.2) is 46.5 Å². The second-order valence-electron chi connectivity index (χ2n) is 12.2. The molecule has 2 unspecified atom stereocenters. The molecule has 1 rings (SSSR count). The van der Waals surface area contributed by atoms with Gasteiger partial charge in [0.2, 0.25) is 11.8 Å². The number of aryl methyl sites for hydroxylation is 1. The molecule has 210 valence electrons. The van der Waals surface area contributed by atoms with Crippen molar-refractivity contribution < 1.29 is 19.1 Å². The summed E-state index contributed by atoms with van der Waals surface area (Å²) in [5.41, 5.74) is 0.751. The van der Waals surface area contributed by atoms with Crippen molar-refractivity contribution in [2.24, 2.45) is 5.92 Å². The number of unbranched alkanes of at least 4 members (excludes halogenated alkanes) is 3. The van der Waals surface area contributed by atoms with Crippen molar-refractivity contribution in [1.82, 2.24) is 15.5 Å². The first kappa shape index (κ1) is 32.5. The first-order valence-electron chi connectivity index (χ1n) is 13.8. The number of carbonyl (C=O) groups excluding carboxylic acids is 3. The second-order valence-corrected chi connectivity index (χ2v) is 12.2. The Morgan fingerprint density at radius 1 is 0.919 bits per heavy atom. The monoisotopic (exact) mass is 517 g/mol. The molecule has 0 spiro atoms. The van der Waals surface area contributed by atoms with Crippen LogP contribution in [0, 0.1) is 5.92 Å². The molecule has 0 aliphatic rings. The molecule has 1 aromatic rings. The largest absolute Gasteiger partial charge is 0.444 e. The third-order valence-corrected chi connectivity index (χ3v) is 5.90. The van der Waals surface area contributed by atoms with Crippen LogP contribution in [0.2, 0.25) is 0 Å². The molecule has 0 heterocycles. The van der Waals surface area contributed by atoms with Crippen LogP contribution >= 0.6 is 0 Å². The normalized spacial score (nSPS) is 13.6. The van der Waals surface area contributed by atoms with Crippen molar-refractivity contribution in [3.63, 3.8) is 0 Å². The molecule has 0 aromatic heterocycles. The summed E-state index contributed by atoms with van der Waals surface area (Å²) in [6.07, 6.45) is 4.07. The first-order chi connectivity index (χ1) is 17.1. The quantitative estimate of drug-likeness (QED) is 0.325. The summed E-state index contributed by atoms with van der Waals surface area (Å²) in [7, 11) is 0. The number of hydrogen-bond acceptors (Lipinski definition) is 4. The Labute approximate surface area is 225 Å². The summed E-state index contributed by atoms with van der Waals surface area (Å²) in [4.78, 5) is 42.2. The maximum atomic E-state index is 14.1. The lowest BCUT2D eigenvalue weighted by molar-refractivity contribution is -0.144. The van der Waals surface area contributed by atoms with E-state index < -0.39 is 29.3 Å². The molecule has 0 bridgehead atoms. The van der Waals surface area contributed by atoms with Gasteiger partial charge in [0.15, 0.2) is 0 Å². The fourth-order valence-electron chi connectivity index (χ4n) is 4.05. The van der Waals surface area contributed by atoms with Crippen LogP contribution in [0.5, 0.6) is 0 Å². The Morgan fingerprint density at radius 2 is 1.51 bits per heavy atom. The molecule has 0 aliphatic carbocycles. The summed E-state index contributed by atoms with van der Waals surface area (Å²) < 4.78 is 5.45. The van der Waals surface area contributed by atoms with Gasteiger partial charge >= 0.3 is 6.09 Å². The Kier molecular flexibility index (Phi) is 12.6. The van der Waals surface area contributed by atoms with E-state index in [4.69, 9.17) is 4.74 Å². The van der Waals surface area contributed by atoms with E-state index in [1.54, 1.807) is 25.7 Å². The number of nitrogens with one attached hydrogen (secondary N) is 2. The minimum absolute atomic E-state index is 0.202. The van der Waals surface area contributed by atoms with E-state index in [9.17, 15) is 14.4 Å². The molecule has 37 heavy (non-hydrogen) atoms. The highest BCUT2D eigenvalue weighted by Crippen LogP contribution is 2.26. The van der Waals surface area contributed by atoms with E-state index in [2.05, 4.69) is 24.5 Å². The Hall–Kier alpha value is -2.57. The van der Waals surface area contributed by atoms with Crippen molar-refractivity contribution in [2.45, 2.75) is 125 Å². The van der Waals surface area contributed by atoms with Crippen LogP contribution in [0.1, 0.15) is 112 Å². The standard InChI is InChI=1S/C30H51N3O4/c1-11-13-14-15-20-33(27(35)24(21(3)4)31-28(36)37-30(8,9)10)25(26(34)32-29(5,6)7)23-18-16-22(12-2)17-19-23/h16-19,21,24-25H,11-15,20H2,1-10H3,(H,31,36)(H,32,34). The highest BCUT2D eigenvalue weighted by atomic mass is 16.6. The molecule has 1 aromatic carbocycles. The molecular formula is C30H51N3O4. The molecular weight excluding hydrogens is 466 g/mol. The van der Waals surface area contributed by atoms with Gasteiger partial charge in [0.25, 0.3) is 0 Å².